The van der Waals surface area contributed by atoms with Crippen molar-refractivity contribution in [2.24, 2.45) is 0 Å². The second-order valence-corrected chi connectivity index (χ2v) is 12.6. The molecule has 1 aliphatic heterocycles. The van der Waals surface area contributed by atoms with Gasteiger partial charge >= 0.3 is 6.18 Å². The molecule has 11 nitrogen and oxygen atoms in total. The van der Waals surface area contributed by atoms with Crippen molar-refractivity contribution in [2.75, 3.05) is 23.9 Å². The molecule has 2 aliphatic rings. The summed E-state index contributed by atoms with van der Waals surface area (Å²) in [6.45, 7) is -0.115. The van der Waals surface area contributed by atoms with Crippen LogP contribution < -0.4 is 15.4 Å². The van der Waals surface area contributed by atoms with Crippen LogP contribution in [0.15, 0.2) is 30.3 Å². The zero-order valence-corrected chi connectivity index (χ0v) is 23.4. The van der Waals surface area contributed by atoms with E-state index in [9.17, 15) is 40.0 Å². The molecule has 0 fully saturated rings. The molecular formula is C26H25F5N6O5S. The van der Waals surface area contributed by atoms with Crippen LogP contribution in [0.5, 0.6) is 5.75 Å². The Morgan fingerprint density at radius 3 is 2.63 bits per heavy atom. The second-order valence-electron chi connectivity index (χ2n) is 10.4. The number of amides is 2. The second kappa shape index (κ2) is 11.2. The van der Waals surface area contributed by atoms with Gasteiger partial charge in [-0.2, -0.15) is 23.0 Å². The van der Waals surface area contributed by atoms with E-state index < -0.39 is 57.7 Å². The number of aromatic nitrogens is 4. The Labute approximate surface area is 241 Å². The molecule has 2 aromatic heterocycles. The summed E-state index contributed by atoms with van der Waals surface area (Å²) in [5, 5.41) is 17.1. The van der Waals surface area contributed by atoms with Gasteiger partial charge in [-0.15, -0.1) is 10.2 Å². The molecule has 1 spiro atoms. The molecule has 0 radical (unpaired) electrons. The van der Waals surface area contributed by atoms with E-state index in [0.29, 0.717) is 18.6 Å². The van der Waals surface area contributed by atoms with Crippen LogP contribution in [-0.4, -0.2) is 65.0 Å². The third kappa shape index (κ3) is 6.60. The van der Waals surface area contributed by atoms with Gasteiger partial charge in [-0.3, -0.25) is 9.59 Å². The topological polar surface area (TPSA) is 145 Å². The molecule has 0 saturated carbocycles. The minimum atomic E-state index is -4.27. The SMILES string of the molecule is CS(=O)(=O)CC(=O)Nc1c2c(nn1-c1ccc(C(F)F)nn1)C[C@]1(CCc3cc(OCCCC(F)(F)F)ccc31)NC2=O. The number of alkyl halides is 5. The number of anilines is 1. The normalized spacial score (nSPS) is 18.0. The largest absolute Gasteiger partial charge is 0.494 e. The Morgan fingerprint density at radius 1 is 1.21 bits per heavy atom. The molecule has 43 heavy (non-hydrogen) atoms. The summed E-state index contributed by atoms with van der Waals surface area (Å²) in [5.74, 6) is -2.37. The number of rotatable bonds is 9. The van der Waals surface area contributed by atoms with Gasteiger partial charge < -0.3 is 15.4 Å². The van der Waals surface area contributed by atoms with Crippen molar-refractivity contribution in [3.05, 3.63) is 58.4 Å². The lowest BCUT2D eigenvalue weighted by Gasteiger charge is -2.35. The fourth-order valence-electron chi connectivity index (χ4n) is 5.28. The lowest BCUT2D eigenvalue weighted by Crippen LogP contribution is -2.49. The highest BCUT2D eigenvalue weighted by Crippen LogP contribution is 2.44. The minimum absolute atomic E-state index is 0.0507. The third-order valence-corrected chi connectivity index (χ3v) is 7.84. The van der Waals surface area contributed by atoms with Gasteiger partial charge in [0.2, 0.25) is 5.91 Å². The Hall–Kier alpha value is -4.15. The molecule has 230 valence electrons. The van der Waals surface area contributed by atoms with Crippen molar-refractivity contribution < 1.29 is 44.7 Å². The van der Waals surface area contributed by atoms with Crippen LogP contribution in [-0.2, 0) is 33.0 Å². The Kier molecular flexibility index (Phi) is 7.87. The van der Waals surface area contributed by atoms with E-state index >= 15 is 0 Å². The van der Waals surface area contributed by atoms with Crippen LogP contribution in [0.4, 0.5) is 27.8 Å². The molecule has 0 unspecified atom stereocenters. The van der Waals surface area contributed by atoms with Gasteiger partial charge in [0.15, 0.2) is 21.5 Å². The maximum absolute atomic E-state index is 13.6. The predicted octanol–water partition coefficient (Wildman–Crippen LogP) is 3.43. The lowest BCUT2D eigenvalue weighted by atomic mass is 9.82. The van der Waals surface area contributed by atoms with Gasteiger partial charge in [-0.1, -0.05) is 6.07 Å². The van der Waals surface area contributed by atoms with Gasteiger partial charge in [0.1, 0.15) is 22.8 Å². The lowest BCUT2D eigenvalue weighted by molar-refractivity contribution is -0.136. The quantitative estimate of drug-likeness (QED) is 0.271. The number of nitrogens with one attached hydrogen (secondary N) is 2. The van der Waals surface area contributed by atoms with E-state index in [0.717, 1.165) is 28.1 Å². The average molecular weight is 629 g/mol. The fraction of sp³-hybridized carbons (Fsp3) is 0.423. The van der Waals surface area contributed by atoms with Gasteiger partial charge in [-0.05, 0) is 54.7 Å². The number of carbonyl (C=O) groups excluding carboxylic acids is 2. The zero-order chi connectivity index (χ0) is 31.2. The van der Waals surface area contributed by atoms with Crippen LogP contribution in [0.3, 0.4) is 0 Å². The van der Waals surface area contributed by atoms with Crippen LogP contribution in [0.25, 0.3) is 5.82 Å². The van der Waals surface area contributed by atoms with Crippen LogP contribution in [0.1, 0.15) is 58.6 Å². The Morgan fingerprint density at radius 2 is 1.98 bits per heavy atom. The van der Waals surface area contributed by atoms with E-state index in [4.69, 9.17) is 4.74 Å². The van der Waals surface area contributed by atoms with E-state index in [2.05, 4.69) is 25.9 Å². The van der Waals surface area contributed by atoms with Crippen molar-refractivity contribution >= 4 is 27.5 Å². The monoisotopic (exact) mass is 628 g/mol. The third-order valence-electron chi connectivity index (χ3n) is 7.06. The summed E-state index contributed by atoms with van der Waals surface area (Å²) in [5.41, 5.74) is 0.251. The number of hydrogen-bond acceptors (Lipinski definition) is 8. The van der Waals surface area contributed by atoms with Crippen LogP contribution >= 0.6 is 0 Å². The predicted molar refractivity (Wildman–Crippen MR) is 141 cm³/mol. The first-order valence-electron chi connectivity index (χ1n) is 13.0. The van der Waals surface area contributed by atoms with Crippen LogP contribution in [0.2, 0.25) is 0 Å². The van der Waals surface area contributed by atoms with Gasteiger partial charge in [0.05, 0.1) is 17.8 Å². The molecule has 3 aromatic rings. The van der Waals surface area contributed by atoms with Crippen molar-refractivity contribution in [1.29, 1.82) is 0 Å². The van der Waals surface area contributed by atoms with E-state index in [-0.39, 0.29) is 42.3 Å². The number of nitrogens with zero attached hydrogens (tertiary/aromatic N) is 4. The maximum Gasteiger partial charge on any atom is 0.389 e. The Bertz CT molecular complexity index is 1680. The van der Waals surface area contributed by atoms with Gasteiger partial charge in [-0.25, -0.2) is 17.2 Å². The number of sulfone groups is 1. The smallest absolute Gasteiger partial charge is 0.389 e. The minimum Gasteiger partial charge on any atom is -0.494 e. The first-order chi connectivity index (χ1) is 20.1. The summed E-state index contributed by atoms with van der Waals surface area (Å²) < 4.78 is 93.3. The van der Waals surface area contributed by atoms with E-state index in [1.165, 1.54) is 6.07 Å². The molecular weight excluding hydrogens is 603 g/mol. The summed E-state index contributed by atoms with van der Waals surface area (Å²) in [4.78, 5) is 26.1. The average Bonchev–Trinajstić information content (AvgIpc) is 3.43. The molecule has 2 amide bonds. The number of ether oxygens (including phenoxy) is 1. The van der Waals surface area contributed by atoms with Crippen molar-refractivity contribution in [2.45, 2.75) is 50.2 Å². The molecule has 5 rings (SSSR count). The number of halogens is 5. The van der Waals surface area contributed by atoms with Crippen molar-refractivity contribution in [3.63, 3.8) is 0 Å². The Balaban J connectivity index is 1.46. The standard InChI is InChI=1S/C26H25F5N6O5S/c1-43(40,41)13-20(38)32-23-21-18(36-37(23)19-6-5-17(22(27)28)34-35-19)12-25(33-24(21)39)9-7-14-11-15(3-4-16(14)25)42-10-2-8-26(29,30)31/h3-6,11,22H,2,7-10,12-13H2,1H3,(H,32,38)(H,33,39)/t25-/m0/s1. The molecule has 17 heteroatoms. The maximum atomic E-state index is 13.6. The summed E-state index contributed by atoms with van der Waals surface area (Å²) in [6, 6.07) is 7.24. The highest BCUT2D eigenvalue weighted by atomic mass is 32.2. The molecule has 2 N–H and O–H groups in total. The highest BCUT2D eigenvalue weighted by Gasteiger charge is 2.47. The molecule has 0 bridgehead atoms. The molecule has 1 aromatic carbocycles. The van der Waals surface area contributed by atoms with E-state index in [1.54, 1.807) is 18.2 Å². The molecule has 1 aliphatic carbocycles. The molecule has 1 atom stereocenters. The fourth-order valence-corrected chi connectivity index (χ4v) is 5.83. The zero-order valence-electron chi connectivity index (χ0n) is 22.5. The number of benzene rings is 1. The first kappa shape index (κ1) is 30.3. The number of fused-ring (bicyclic) bond motifs is 3. The number of aryl methyl sites for hydroxylation is 1. The van der Waals surface area contributed by atoms with Crippen molar-refractivity contribution in [3.8, 4) is 11.6 Å². The number of carbonyl (C=O) groups is 2. The van der Waals surface area contributed by atoms with Gasteiger partial charge in [0.25, 0.3) is 12.3 Å². The highest BCUT2D eigenvalue weighted by molar-refractivity contribution is 7.91. The van der Waals surface area contributed by atoms with Crippen LogP contribution in [0, 0.1) is 0 Å². The molecule has 3 heterocycles. The number of hydrogen-bond donors (Lipinski definition) is 2. The summed E-state index contributed by atoms with van der Waals surface area (Å²) in [6.07, 6.45) is -6.32. The van der Waals surface area contributed by atoms with Gasteiger partial charge in [0, 0.05) is 19.1 Å². The summed E-state index contributed by atoms with van der Waals surface area (Å²) in [7, 11) is -3.74. The first-order valence-corrected chi connectivity index (χ1v) is 15.1. The van der Waals surface area contributed by atoms with E-state index in [1.807, 2.05) is 0 Å². The van der Waals surface area contributed by atoms with Crippen molar-refractivity contribution in [1.82, 2.24) is 25.3 Å². The molecule has 0 saturated heterocycles. The summed E-state index contributed by atoms with van der Waals surface area (Å²) >= 11 is 0.